The highest BCUT2D eigenvalue weighted by Crippen LogP contribution is 2.28. The fourth-order valence-electron chi connectivity index (χ4n) is 3.62. The van der Waals surface area contributed by atoms with Crippen LogP contribution in [-0.2, 0) is 14.4 Å². The van der Waals surface area contributed by atoms with Gasteiger partial charge in [-0.3, -0.25) is 14.4 Å². The third-order valence-corrected chi connectivity index (χ3v) is 5.58. The van der Waals surface area contributed by atoms with Crippen molar-refractivity contribution in [2.75, 3.05) is 18.4 Å². The first-order valence-corrected chi connectivity index (χ1v) is 9.80. The minimum atomic E-state index is -0.443. The Bertz CT molecular complexity index is 613. The Hall–Kier alpha value is -1.96. The number of hydrogen-bond acceptors (Lipinski definition) is 5. The van der Waals surface area contributed by atoms with Crippen molar-refractivity contribution in [1.82, 2.24) is 15.2 Å². The van der Waals surface area contributed by atoms with Crippen LogP contribution in [0.15, 0.2) is 11.6 Å². The zero-order valence-electron chi connectivity index (χ0n) is 14.2. The number of hydrogen-bond donors (Lipinski definition) is 2. The largest absolute Gasteiger partial charge is 0.345 e. The average Bonchev–Trinajstić information content (AvgIpc) is 3.31. The highest BCUT2D eigenvalue weighted by atomic mass is 32.1. The molecular formula is C17H24N4O3S. The Kier molecular flexibility index (Phi) is 6.01. The standard InChI is InChI=1S/C17H24N4O3S/c22-14(20-17-18-8-10-25-17)11-19-15(23)13-7-4-9-21(13)16(24)12-5-2-1-3-6-12/h8,10,12-13H,1-7,9,11H2,(H,19,23)(H,18,20,22)/t13-/m0/s1. The number of amides is 3. The lowest BCUT2D eigenvalue weighted by Crippen LogP contribution is -2.49. The molecule has 1 atom stereocenters. The Labute approximate surface area is 151 Å². The SMILES string of the molecule is O=C(CNC(=O)[C@@H]1CCCN1C(=O)C1CCCCC1)Nc1nccs1. The van der Waals surface area contributed by atoms with Gasteiger partial charge in [0.1, 0.15) is 6.04 Å². The van der Waals surface area contributed by atoms with Gasteiger partial charge in [0.2, 0.25) is 17.7 Å². The Morgan fingerprint density at radius 3 is 2.68 bits per heavy atom. The van der Waals surface area contributed by atoms with E-state index in [-0.39, 0.29) is 30.2 Å². The van der Waals surface area contributed by atoms with Gasteiger partial charge in [0.25, 0.3) is 0 Å². The van der Waals surface area contributed by atoms with Gasteiger partial charge in [-0.05, 0) is 25.7 Å². The smallest absolute Gasteiger partial charge is 0.245 e. The summed E-state index contributed by atoms with van der Waals surface area (Å²) in [6.45, 7) is 0.527. The van der Waals surface area contributed by atoms with Crippen molar-refractivity contribution in [3.05, 3.63) is 11.6 Å². The van der Waals surface area contributed by atoms with E-state index in [0.29, 0.717) is 18.1 Å². The van der Waals surface area contributed by atoms with Crippen molar-refractivity contribution >= 4 is 34.2 Å². The number of rotatable bonds is 5. The molecule has 3 amide bonds. The molecule has 2 N–H and O–H groups in total. The van der Waals surface area contributed by atoms with Gasteiger partial charge in [0, 0.05) is 24.0 Å². The number of carbonyl (C=O) groups is 3. The first-order chi connectivity index (χ1) is 12.1. The first-order valence-electron chi connectivity index (χ1n) is 8.92. The van der Waals surface area contributed by atoms with Crippen molar-refractivity contribution in [3.63, 3.8) is 0 Å². The lowest BCUT2D eigenvalue weighted by Gasteiger charge is -2.30. The first kappa shape index (κ1) is 17.8. The van der Waals surface area contributed by atoms with E-state index < -0.39 is 6.04 Å². The molecule has 0 bridgehead atoms. The third-order valence-electron chi connectivity index (χ3n) is 4.89. The summed E-state index contributed by atoms with van der Waals surface area (Å²) in [6.07, 6.45) is 8.35. The van der Waals surface area contributed by atoms with Crippen LogP contribution in [0.25, 0.3) is 0 Å². The Morgan fingerprint density at radius 1 is 1.16 bits per heavy atom. The molecule has 1 aliphatic carbocycles. The number of anilines is 1. The summed E-state index contributed by atoms with van der Waals surface area (Å²) >= 11 is 1.32. The second kappa shape index (κ2) is 8.42. The summed E-state index contributed by atoms with van der Waals surface area (Å²) < 4.78 is 0. The van der Waals surface area contributed by atoms with Gasteiger partial charge in [0.05, 0.1) is 6.54 Å². The lowest BCUT2D eigenvalue weighted by atomic mass is 9.88. The van der Waals surface area contributed by atoms with Crippen molar-refractivity contribution in [2.45, 2.75) is 51.0 Å². The molecule has 2 heterocycles. The summed E-state index contributed by atoms with van der Waals surface area (Å²) in [5.41, 5.74) is 0. The van der Waals surface area contributed by atoms with E-state index in [1.807, 2.05) is 0 Å². The van der Waals surface area contributed by atoms with Gasteiger partial charge in [0.15, 0.2) is 5.13 Å². The van der Waals surface area contributed by atoms with Gasteiger partial charge >= 0.3 is 0 Å². The van der Waals surface area contributed by atoms with Gasteiger partial charge < -0.3 is 15.5 Å². The number of likely N-dealkylation sites (tertiary alicyclic amines) is 1. The minimum absolute atomic E-state index is 0.0651. The summed E-state index contributed by atoms with van der Waals surface area (Å²) in [5, 5.41) is 7.56. The number of nitrogens with zero attached hydrogens (tertiary/aromatic N) is 2. The molecule has 1 saturated heterocycles. The quantitative estimate of drug-likeness (QED) is 0.833. The summed E-state index contributed by atoms with van der Waals surface area (Å²) in [5.74, 6) is -0.373. The van der Waals surface area contributed by atoms with E-state index in [1.54, 1.807) is 16.5 Å². The van der Waals surface area contributed by atoms with Crippen LogP contribution in [0.1, 0.15) is 44.9 Å². The molecular weight excluding hydrogens is 340 g/mol. The molecule has 25 heavy (non-hydrogen) atoms. The fraction of sp³-hybridized carbons (Fsp3) is 0.647. The molecule has 1 aromatic heterocycles. The van der Waals surface area contributed by atoms with E-state index in [4.69, 9.17) is 0 Å². The second-order valence-corrected chi connectivity index (χ2v) is 7.52. The number of carbonyl (C=O) groups excluding carboxylic acids is 3. The maximum atomic E-state index is 12.7. The van der Waals surface area contributed by atoms with Gasteiger partial charge in [-0.1, -0.05) is 19.3 Å². The fourth-order valence-corrected chi connectivity index (χ4v) is 4.17. The number of nitrogens with one attached hydrogen (secondary N) is 2. The Morgan fingerprint density at radius 2 is 1.96 bits per heavy atom. The molecule has 2 aliphatic rings. The molecule has 3 rings (SSSR count). The van der Waals surface area contributed by atoms with Crippen molar-refractivity contribution in [1.29, 1.82) is 0 Å². The van der Waals surface area contributed by atoms with Crippen LogP contribution in [0.3, 0.4) is 0 Å². The van der Waals surface area contributed by atoms with E-state index in [1.165, 1.54) is 17.8 Å². The van der Waals surface area contributed by atoms with Crippen molar-refractivity contribution in [2.24, 2.45) is 5.92 Å². The van der Waals surface area contributed by atoms with Gasteiger partial charge in [-0.2, -0.15) is 0 Å². The maximum absolute atomic E-state index is 12.7. The second-order valence-electron chi connectivity index (χ2n) is 6.63. The molecule has 2 fully saturated rings. The molecule has 7 nitrogen and oxygen atoms in total. The predicted octanol–water partition coefficient (Wildman–Crippen LogP) is 1.77. The molecule has 1 aromatic rings. The summed E-state index contributed by atoms with van der Waals surface area (Å²) in [7, 11) is 0. The lowest BCUT2D eigenvalue weighted by molar-refractivity contribution is -0.142. The van der Waals surface area contributed by atoms with Crippen LogP contribution < -0.4 is 10.6 Å². The molecule has 0 unspecified atom stereocenters. The molecule has 136 valence electrons. The highest BCUT2D eigenvalue weighted by Gasteiger charge is 2.37. The molecule has 8 heteroatoms. The number of thiazole rings is 1. The van der Waals surface area contributed by atoms with Gasteiger partial charge in [-0.15, -0.1) is 11.3 Å². The van der Waals surface area contributed by atoms with E-state index in [9.17, 15) is 14.4 Å². The normalized spacial score (nSPS) is 21.1. The van der Waals surface area contributed by atoms with Gasteiger partial charge in [-0.25, -0.2) is 4.98 Å². The third kappa shape index (κ3) is 4.56. The zero-order valence-corrected chi connectivity index (χ0v) is 15.0. The van der Waals surface area contributed by atoms with Crippen molar-refractivity contribution < 1.29 is 14.4 Å². The molecule has 1 saturated carbocycles. The predicted molar refractivity (Wildman–Crippen MR) is 95.1 cm³/mol. The highest BCUT2D eigenvalue weighted by molar-refractivity contribution is 7.13. The van der Waals surface area contributed by atoms with E-state index in [0.717, 1.165) is 32.1 Å². The molecule has 0 radical (unpaired) electrons. The average molecular weight is 364 g/mol. The molecule has 0 spiro atoms. The topological polar surface area (TPSA) is 91.4 Å². The molecule has 1 aliphatic heterocycles. The monoisotopic (exact) mass is 364 g/mol. The van der Waals surface area contributed by atoms with E-state index >= 15 is 0 Å². The van der Waals surface area contributed by atoms with E-state index in [2.05, 4.69) is 15.6 Å². The van der Waals surface area contributed by atoms with Crippen molar-refractivity contribution in [3.8, 4) is 0 Å². The molecule has 0 aromatic carbocycles. The van der Waals surface area contributed by atoms with Crippen LogP contribution in [0.5, 0.6) is 0 Å². The Balaban J connectivity index is 1.50. The summed E-state index contributed by atoms with van der Waals surface area (Å²) in [4.78, 5) is 42.7. The van der Waals surface area contributed by atoms with Crippen LogP contribution >= 0.6 is 11.3 Å². The van der Waals surface area contributed by atoms with Crippen LogP contribution in [-0.4, -0.2) is 46.7 Å². The zero-order chi connectivity index (χ0) is 17.6. The number of aromatic nitrogens is 1. The minimum Gasteiger partial charge on any atom is -0.345 e. The summed E-state index contributed by atoms with van der Waals surface area (Å²) in [6, 6.07) is -0.443. The maximum Gasteiger partial charge on any atom is 0.245 e. The van der Waals surface area contributed by atoms with Crippen LogP contribution in [0.2, 0.25) is 0 Å². The van der Waals surface area contributed by atoms with Crippen LogP contribution in [0, 0.1) is 5.92 Å². The van der Waals surface area contributed by atoms with Crippen LogP contribution in [0.4, 0.5) is 5.13 Å².